The van der Waals surface area contributed by atoms with E-state index in [0.29, 0.717) is 50.1 Å². The summed E-state index contributed by atoms with van der Waals surface area (Å²) < 4.78 is 11.0. The van der Waals surface area contributed by atoms with Gasteiger partial charge < -0.3 is 19.5 Å². The molecule has 0 unspecified atom stereocenters. The fourth-order valence-corrected chi connectivity index (χ4v) is 4.89. The summed E-state index contributed by atoms with van der Waals surface area (Å²) in [7, 11) is 0. The molecular formula is C30H36N2O5. The fourth-order valence-electron chi connectivity index (χ4n) is 4.89. The third-order valence-corrected chi connectivity index (χ3v) is 7.04. The molecule has 37 heavy (non-hydrogen) atoms. The molecule has 1 N–H and O–H groups in total. The Morgan fingerprint density at radius 2 is 1.84 bits per heavy atom. The van der Waals surface area contributed by atoms with E-state index in [1.54, 1.807) is 29.2 Å². The van der Waals surface area contributed by atoms with Crippen LogP contribution in [-0.4, -0.2) is 72.6 Å². The van der Waals surface area contributed by atoms with Crippen LogP contribution in [0.5, 0.6) is 5.75 Å². The number of likely N-dealkylation sites (tertiary alicyclic amines) is 1. The zero-order chi connectivity index (χ0) is 26.5. The lowest BCUT2D eigenvalue weighted by atomic mass is 9.92. The molecule has 2 heterocycles. The second-order valence-corrected chi connectivity index (χ2v) is 9.84. The molecule has 0 aliphatic carbocycles. The van der Waals surface area contributed by atoms with Crippen LogP contribution in [-0.2, 0) is 14.3 Å². The Bertz CT molecular complexity index is 1180. The number of rotatable bonds is 9. The summed E-state index contributed by atoms with van der Waals surface area (Å²) in [6.45, 7) is 14.0. The number of ketones is 1. The number of carbonyl (C=O) groups is 2. The van der Waals surface area contributed by atoms with Crippen LogP contribution in [0.25, 0.3) is 5.76 Å². The van der Waals surface area contributed by atoms with Crippen molar-refractivity contribution in [3.63, 3.8) is 0 Å². The van der Waals surface area contributed by atoms with Gasteiger partial charge in [-0.2, -0.15) is 0 Å². The van der Waals surface area contributed by atoms with Gasteiger partial charge in [0.25, 0.3) is 11.7 Å². The predicted octanol–water partition coefficient (Wildman–Crippen LogP) is 4.44. The number of aliphatic hydroxyl groups excluding tert-OH is 1. The van der Waals surface area contributed by atoms with E-state index < -0.39 is 17.7 Å². The zero-order valence-electron chi connectivity index (χ0n) is 21.9. The molecule has 0 bridgehead atoms. The summed E-state index contributed by atoms with van der Waals surface area (Å²) in [6.07, 6.45) is 1.66. The quantitative estimate of drug-likeness (QED) is 0.236. The minimum atomic E-state index is -0.668. The molecule has 2 aliphatic heterocycles. The molecule has 7 nitrogen and oxygen atoms in total. The highest BCUT2D eigenvalue weighted by Crippen LogP contribution is 2.40. The zero-order valence-corrected chi connectivity index (χ0v) is 21.9. The van der Waals surface area contributed by atoms with Crippen LogP contribution >= 0.6 is 0 Å². The number of aryl methyl sites for hydroxylation is 1. The predicted molar refractivity (Wildman–Crippen MR) is 144 cm³/mol. The Labute approximate surface area is 219 Å². The number of benzene rings is 2. The topological polar surface area (TPSA) is 79.3 Å². The maximum Gasteiger partial charge on any atom is 0.295 e. The van der Waals surface area contributed by atoms with Gasteiger partial charge in [0.15, 0.2) is 0 Å². The van der Waals surface area contributed by atoms with Crippen LogP contribution in [0.15, 0.2) is 60.7 Å². The van der Waals surface area contributed by atoms with Crippen molar-refractivity contribution in [1.82, 2.24) is 9.80 Å². The van der Waals surface area contributed by atoms with Crippen molar-refractivity contribution in [3.8, 4) is 5.75 Å². The number of hydrogen-bond acceptors (Lipinski definition) is 6. The second-order valence-electron chi connectivity index (χ2n) is 9.84. The minimum absolute atomic E-state index is 0.118. The number of ether oxygens (including phenoxy) is 2. The molecule has 2 fully saturated rings. The highest BCUT2D eigenvalue weighted by atomic mass is 16.5. The highest BCUT2D eigenvalue weighted by molar-refractivity contribution is 6.46. The lowest BCUT2D eigenvalue weighted by molar-refractivity contribution is -0.140. The minimum Gasteiger partial charge on any atom is -0.507 e. The van der Waals surface area contributed by atoms with E-state index >= 15 is 0 Å². The standard InChI is InChI=1S/C30H36N2O5/c1-5-16-37-24-10-11-25(21(4)19-24)28(33)26-27(23-8-6-22(7-9-23)20(2)3)32(30(35)29(26)34)13-12-31-14-17-36-18-15-31/h5-11,19-20,27,33H,1,12-18H2,2-4H3/t27-/m0/s1. The summed E-state index contributed by atoms with van der Waals surface area (Å²) in [4.78, 5) is 30.5. The molecule has 0 aromatic heterocycles. The third-order valence-electron chi connectivity index (χ3n) is 7.04. The number of Topliss-reactive ketones (excluding diaryl/α,β-unsaturated/α-hetero) is 1. The second kappa shape index (κ2) is 11.8. The Hall–Kier alpha value is -3.42. The van der Waals surface area contributed by atoms with Gasteiger partial charge in [-0.25, -0.2) is 0 Å². The molecule has 2 aromatic rings. The summed E-state index contributed by atoms with van der Waals surface area (Å²) in [6, 6.07) is 12.6. The van der Waals surface area contributed by atoms with Gasteiger partial charge in [-0.05, 0) is 47.7 Å². The summed E-state index contributed by atoms with van der Waals surface area (Å²) in [5, 5.41) is 11.5. The van der Waals surface area contributed by atoms with E-state index in [0.717, 1.165) is 24.2 Å². The maximum absolute atomic E-state index is 13.4. The van der Waals surface area contributed by atoms with E-state index in [1.165, 1.54) is 5.56 Å². The average molecular weight is 505 g/mol. The summed E-state index contributed by atoms with van der Waals surface area (Å²) >= 11 is 0. The van der Waals surface area contributed by atoms with E-state index in [4.69, 9.17) is 9.47 Å². The van der Waals surface area contributed by atoms with Crippen LogP contribution in [0.4, 0.5) is 0 Å². The van der Waals surface area contributed by atoms with Gasteiger partial charge in [-0.3, -0.25) is 14.5 Å². The van der Waals surface area contributed by atoms with Crippen molar-refractivity contribution in [2.75, 3.05) is 46.0 Å². The Balaban J connectivity index is 1.73. The van der Waals surface area contributed by atoms with E-state index in [9.17, 15) is 14.7 Å². The number of carbonyl (C=O) groups excluding carboxylic acids is 2. The smallest absolute Gasteiger partial charge is 0.295 e. The van der Waals surface area contributed by atoms with Crippen molar-refractivity contribution >= 4 is 17.4 Å². The monoisotopic (exact) mass is 504 g/mol. The first kappa shape index (κ1) is 26.6. The molecule has 1 atom stereocenters. The number of aliphatic hydroxyl groups is 1. The molecule has 4 rings (SSSR count). The lowest BCUT2D eigenvalue weighted by Crippen LogP contribution is -2.42. The molecular weight excluding hydrogens is 468 g/mol. The van der Waals surface area contributed by atoms with Gasteiger partial charge in [-0.15, -0.1) is 0 Å². The molecule has 2 aliphatic rings. The van der Waals surface area contributed by atoms with Crippen molar-refractivity contribution in [3.05, 3.63) is 82.9 Å². The molecule has 7 heteroatoms. The van der Waals surface area contributed by atoms with Gasteiger partial charge in [0.05, 0.1) is 24.8 Å². The molecule has 196 valence electrons. The Morgan fingerprint density at radius 3 is 2.46 bits per heavy atom. The number of hydrogen-bond donors (Lipinski definition) is 1. The van der Waals surface area contributed by atoms with Crippen molar-refractivity contribution in [1.29, 1.82) is 0 Å². The highest BCUT2D eigenvalue weighted by Gasteiger charge is 2.46. The van der Waals surface area contributed by atoms with Crippen LogP contribution in [0, 0.1) is 6.92 Å². The first-order valence-corrected chi connectivity index (χ1v) is 12.8. The average Bonchev–Trinajstić information content (AvgIpc) is 3.16. The molecule has 1 amide bonds. The number of nitrogens with zero attached hydrogens (tertiary/aromatic N) is 2. The first-order chi connectivity index (χ1) is 17.8. The third kappa shape index (κ3) is 5.78. The molecule has 0 spiro atoms. The van der Waals surface area contributed by atoms with Gasteiger partial charge >= 0.3 is 0 Å². The van der Waals surface area contributed by atoms with Gasteiger partial charge in [-0.1, -0.05) is 50.8 Å². The first-order valence-electron chi connectivity index (χ1n) is 12.8. The van der Waals surface area contributed by atoms with E-state index in [-0.39, 0.29) is 11.3 Å². The fraction of sp³-hybridized carbons (Fsp3) is 0.400. The molecule has 2 aromatic carbocycles. The number of morpholine rings is 1. The summed E-state index contributed by atoms with van der Waals surface area (Å²) in [5.74, 6) is -0.426. The lowest BCUT2D eigenvalue weighted by Gasteiger charge is -2.31. The van der Waals surface area contributed by atoms with Gasteiger partial charge in [0.1, 0.15) is 18.1 Å². The van der Waals surface area contributed by atoms with Crippen LogP contribution in [0.1, 0.15) is 48.1 Å². The number of amides is 1. The van der Waals surface area contributed by atoms with Crippen LogP contribution < -0.4 is 4.74 Å². The molecule has 0 saturated carbocycles. The normalized spacial score (nSPS) is 20.0. The van der Waals surface area contributed by atoms with Crippen molar-refractivity contribution < 1.29 is 24.2 Å². The summed E-state index contributed by atoms with van der Waals surface area (Å²) in [5.41, 5.74) is 3.33. The largest absolute Gasteiger partial charge is 0.507 e. The van der Waals surface area contributed by atoms with Gasteiger partial charge in [0, 0.05) is 31.7 Å². The van der Waals surface area contributed by atoms with Crippen molar-refractivity contribution in [2.45, 2.75) is 32.7 Å². The van der Waals surface area contributed by atoms with Crippen molar-refractivity contribution in [2.24, 2.45) is 0 Å². The van der Waals surface area contributed by atoms with E-state index in [1.807, 2.05) is 31.2 Å². The Kier molecular flexibility index (Phi) is 8.46. The van der Waals surface area contributed by atoms with E-state index in [2.05, 4.69) is 25.3 Å². The van der Waals surface area contributed by atoms with Crippen LogP contribution in [0.2, 0.25) is 0 Å². The maximum atomic E-state index is 13.4. The SMILES string of the molecule is C=CCOc1ccc(C(O)=C2C(=O)C(=O)N(CCN3CCOCC3)[C@H]2c2ccc(C(C)C)cc2)c(C)c1. The van der Waals surface area contributed by atoms with Gasteiger partial charge in [0.2, 0.25) is 0 Å². The molecule has 0 radical (unpaired) electrons. The molecule has 2 saturated heterocycles. The Morgan fingerprint density at radius 1 is 1.14 bits per heavy atom. The van der Waals surface area contributed by atoms with Crippen LogP contribution in [0.3, 0.4) is 0 Å².